The summed E-state index contributed by atoms with van der Waals surface area (Å²) in [5, 5.41) is 5.21. The zero-order valence-electron chi connectivity index (χ0n) is 19.6. The van der Waals surface area contributed by atoms with Gasteiger partial charge in [0.05, 0.1) is 29.9 Å². The Morgan fingerprint density at radius 3 is 2.59 bits per heavy atom. The molecule has 8 nitrogen and oxygen atoms in total. The minimum absolute atomic E-state index is 0.155. The maximum atomic E-state index is 13.1. The summed E-state index contributed by atoms with van der Waals surface area (Å²) in [5.41, 5.74) is 9.26. The lowest BCUT2D eigenvalue weighted by Crippen LogP contribution is -2.26. The van der Waals surface area contributed by atoms with Gasteiger partial charge in [-0.25, -0.2) is 9.67 Å². The highest BCUT2D eigenvalue weighted by molar-refractivity contribution is 8.14. The quantitative estimate of drug-likeness (QED) is 0.468. The molecule has 1 aliphatic heterocycles. The molecule has 0 radical (unpaired) electrons. The molecular formula is C25H26N6O2S. The number of hydrazone groups is 1. The van der Waals surface area contributed by atoms with E-state index in [0.29, 0.717) is 23.2 Å². The standard InChI is InChI=1S/C25H26N6O2S/c1-16-13-21(17(2)30(16)14-20-11-8-12-33-20)22-15-34-25(28-27-22)26-23-18(3)29(4)31(24(23)32)19-9-6-5-7-10-19/h5-13H,14-15H2,1-4H3,(H,26,28). The lowest BCUT2D eigenvalue weighted by atomic mass is 10.1. The Kier molecular flexibility index (Phi) is 5.79. The predicted molar refractivity (Wildman–Crippen MR) is 137 cm³/mol. The number of thioether (sulfide) groups is 1. The SMILES string of the molecule is Cc1cc(C2=NNC(=Nc3c(C)n(C)n(-c4ccccc4)c3=O)SC2)c(C)n1Cc1ccco1. The summed E-state index contributed by atoms with van der Waals surface area (Å²) in [6.45, 7) is 6.77. The van der Waals surface area contributed by atoms with E-state index in [1.165, 1.54) is 0 Å². The molecule has 0 saturated carbocycles. The molecule has 1 aromatic carbocycles. The molecule has 174 valence electrons. The van der Waals surface area contributed by atoms with Crippen molar-refractivity contribution in [2.24, 2.45) is 17.1 Å². The summed E-state index contributed by atoms with van der Waals surface area (Å²) < 4.78 is 11.2. The van der Waals surface area contributed by atoms with E-state index in [-0.39, 0.29) is 5.56 Å². The molecule has 9 heteroatoms. The van der Waals surface area contributed by atoms with Crippen molar-refractivity contribution in [1.82, 2.24) is 19.4 Å². The molecular weight excluding hydrogens is 448 g/mol. The molecule has 3 aromatic heterocycles. The minimum atomic E-state index is -0.155. The van der Waals surface area contributed by atoms with Gasteiger partial charge in [-0.05, 0) is 51.1 Å². The second-order valence-corrected chi connectivity index (χ2v) is 9.20. The molecule has 0 amide bonds. The van der Waals surface area contributed by atoms with Crippen molar-refractivity contribution in [3.8, 4) is 5.69 Å². The molecule has 0 unspecified atom stereocenters. The average molecular weight is 475 g/mol. The van der Waals surface area contributed by atoms with E-state index in [1.807, 2.05) is 61.1 Å². The topological polar surface area (TPSA) is 81.8 Å². The van der Waals surface area contributed by atoms with Gasteiger partial charge < -0.3 is 8.98 Å². The molecule has 1 N–H and O–H groups in total. The Hall–Kier alpha value is -3.72. The molecule has 4 aromatic rings. The largest absolute Gasteiger partial charge is 0.467 e. The highest BCUT2D eigenvalue weighted by Crippen LogP contribution is 2.24. The van der Waals surface area contributed by atoms with Crippen LogP contribution in [-0.4, -0.2) is 30.6 Å². The highest BCUT2D eigenvalue weighted by Gasteiger charge is 2.21. The zero-order valence-corrected chi connectivity index (χ0v) is 20.4. The first-order chi connectivity index (χ1) is 16.4. The number of rotatable bonds is 5. The van der Waals surface area contributed by atoms with Crippen LogP contribution in [0.4, 0.5) is 5.69 Å². The van der Waals surface area contributed by atoms with Gasteiger partial charge in [0.2, 0.25) is 0 Å². The maximum Gasteiger partial charge on any atom is 0.297 e. The number of aryl methyl sites for hydroxylation is 1. The Morgan fingerprint density at radius 2 is 1.91 bits per heavy atom. The molecule has 0 fully saturated rings. The van der Waals surface area contributed by atoms with E-state index in [0.717, 1.165) is 39.8 Å². The Labute approximate surface area is 201 Å². The van der Waals surface area contributed by atoms with E-state index in [9.17, 15) is 4.79 Å². The summed E-state index contributed by atoms with van der Waals surface area (Å²) in [5.74, 6) is 1.58. The van der Waals surface area contributed by atoms with Gasteiger partial charge >= 0.3 is 0 Å². The van der Waals surface area contributed by atoms with Crippen molar-refractivity contribution in [2.75, 3.05) is 5.75 Å². The van der Waals surface area contributed by atoms with Crippen molar-refractivity contribution in [1.29, 1.82) is 0 Å². The number of hydrogen-bond donors (Lipinski definition) is 1. The van der Waals surface area contributed by atoms with Crippen molar-refractivity contribution in [2.45, 2.75) is 27.3 Å². The third kappa shape index (κ3) is 3.92. The molecule has 0 spiro atoms. The minimum Gasteiger partial charge on any atom is -0.467 e. The number of aromatic nitrogens is 3. The number of amidine groups is 1. The van der Waals surface area contributed by atoms with Gasteiger partial charge in [0.25, 0.3) is 5.56 Å². The number of hydrogen-bond acceptors (Lipinski definition) is 5. The van der Waals surface area contributed by atoms with Crippen molar-refractivity contribution in [3.63, 3.8) is 0 Å². The monoisotopic (exact) mass is 474 g/mol. The second kappa shape index (κ2) is 8.90. The van der Waals surface area contributed by atoms with E-state index in [1.54, 1.807) is 22.7 Å². The lowest BCUT2D eigenvalue weighted by molar-refractivity contribution is 0.489. The van der Waals surface area contributed by atoms with Crippen molar-refractivity contribution >= 4 is 28.3 Å². The number of nitrogens with one attached hydrogen (secondary N) is 1. The van der Waals surface area contributed by atoms with Crippen LogP contribution in [0.25, 0.3) is 5.69 Å². The molecule has 34 heavy (non-hydrogen) atoms. The van der Waals surface area contributed by atoms with Crippen LogP contribution in [0.1, 0.15) is 28.4 Å². The first-order valence-corrected chi connectivity index (χ1v) is 12.0. The van der Waals surface area contributed by atoms with E-state index in [2.05, 4.69) is 40.0 Å². The smallest absolute Gasteiger partial charge is 0.297 e. The number of para-hydroxylation sites is 1. The van der Waals surface area contributed by atoms with Gasteiger partial charge in [-0.1, -0.05) is 30.0 Å². The third-order valence-electron chi connectivity index (χ3n) is 6.15. The maximum absolute atomic E-state index is 13.1. The van der Waals surface area contributed by atoms with Crippen LogP contribution in [0.3, 0.4) is 0 Å². The fourth-order valence-electron chi connectivity index (χ4n) is 4.19. The van der Waals surface area contributed by atoms with Gasteiger partial charge in [-0.2, -0.15) is 5.10 Å². The molecule has 4 heterocycles. The van der Waals surface area contributed by atoms with Gasteiger partial charge in [0, 0.05) is 29.8 Å². The third-order valence-corrected chi connectivity index (χ3v) is 7.02. The van der Waals surface area contributed by atoms with E-state index in [4.69, 9.17) is 4.42 Å². The van der Waals surface area contributed by atoms with Gasteiger partial charge in [-0.15, -0.1) is 0 Å². The summed E-state index contributed by atoms with van der Waals surface area (Å²) in [4.78, 5) is 17.8. The summed E-state index contributed by atoms with van der Waals surface area (Å²) in [7, 11) is 1.86. The van der Waals surface area contributed by atoms with Gasteiger partial charge in [0.1, 0.15) is 5.76 Å². The van der Waals surface area contributed by atoms with Gasteiger partial charge in [0.15, 0.2) is 10.9 Å². The fourth-order valence-corrected chi connectivity index (χ4v) is 4.95. The van der Waals surface area contributed by atoms with E-state index >= 15 is 0 Å². The highest BCUT2D eigenvalue weighted by atomic mass is 32.2. The van der Waals surface area contributed by atoms with Crippen LogP contribution in [0.5, 0.6) is 0 Å². The predicted octanol–water partition coefficient (Wildman–Crippen LogP) is 4.27. The Bertz CT molecular complexity index is 1460. The lowest BCUT2D eigenvalue weighted by Gasteiger charge is -2.15. The first-order valence-electron chi connectivity index (χ1n) is 11.0. The molecule has 1 aliphatic rings. The number of nitrogens with zero attached hydrogens (tertiary/aromatic N) is 5. The van der Waals surface area contributed by atoms with Crippen LogP contribution in [0, 0.1) is 20.8 Å². The van der Waals surface area contributed by atoms with E-state index < -0.39 is 0 Å². The summed E-state index contributed by atoms with van der Waals surface area (Å²) in [6.07, 6.45) is 1.69. The first kappa shape index (κ1) is 22.1. The molecule has 0 bridgehead atoms. The Balaban J connectivity index is 1.41. The number of aliphatic imine (C=N–C) groups is 1. The van der Waals surface area contributed by atoms with Crippen molar-refractivity contribution in [3.05, 3.63) is 93.6 Å². The van der Waals surface area contributed by atoms with Crippen LogP contribution in [-0.2, 0) is 13.6 Å². The number of furan rings is 1. The molecule has 0 saturated heterocycles. The van der Waals surface area contributed by atoms with Crippen LogP contribution < -0.4 is 11.0 Å². The Morgan fingerprint density at radius 1 is 1.12 bits per heavy atom. The van der Waals surface area contributed by atoms with Gasteiger partial charge in [-0.3, -0.25) is 14.9 Å². The normalized spacial score (nSPS) is 14.9. The van der Waals surface area contributed by atoms with Crippen LogP contribution >= 0.6 is 11.8 Å². The number of benzene rings is 1. The summed E-state index contributed by atoms with van der Waals surface area (Å²) >= 11 is 1.54. The fraction of sp³-hybridized carbons (Fsp3) is 0.240. The average Bonchev–Trinajstić information content (AvgIpc) is 3.52. The second-order valence-electron chi connectivity index (χ2n) is 8.24. The van der Waals surface area contributed by atoms with Crippen LogP contribution in [0.2, 0.25) is 0 Å². The van der Waals surface area contributed by atoms with Crippen molar-refractivity contribution < 1.29 is 4.42 Å². The molecule has 5 rings (SSSR count). The summed E-state index contributed by atoms with van der Waals surface area (Å²) in [6, 6.07) is 15.6. The molecule has 0 aliphatic carbocycles. The molecule has 0 atom stereocenters. The zero-order chi connectivity index (χ0) is 23.8. The van der Waals surface area contributed by atoms with Crippen LogP contribution in [0.15, 0.2) is 74.1 Å².